The van der Waals surface area contributed by atoms with Crippen molar-refractivity contribution < 1.29 is 9.47 Å². The molecule has 1 aliphatic rings. The summed E-state index contributed by atoms with van der Waals surface area (Å²) in [6.07, 6.45) is 1.69. The molecule has 0 saturated carbocycles. The maximum Gasteiger partial charge on any atom is 0.250 e. The van der Waals surface area contributed by atoms with Gasteiger partial charge in [0.25, 0.3) is 0 Å². The quantitative estimate of drug-likeness (QED) is 0.200. The third-order valence-corrected chi connectivity index (χ3v) is 6.79. The van der Waals surface area contributed by atoms with Crippen LogP contribution in [0.3, 0.4) is 0 Å². The molecule has 3 aromatic rings. The van der Waals surface area contributed by atoms with E-state index in [0.717, 1.165) is 29.7 Å². The van der Waals surface area contributed by atoms with Crippen molar-refractivity contribution >= 4 is 86.5 Å². The maximum atomic E-state index is 6.28. The smallest absolute Gasteiger partial charge is 0.250 e. The third kappa shape index (κ3) is 6.37. The summed E-state index contributed by atoms with van der Waals surface area (Å²) in [5.41, 5.74) is 5.56. The highest BCUT2D eigenvalue weighted by Gasteiger charge is 2.17. The first-order chi connectivity index (χ1) is 16.4. The van der Waals surface area contributed by atoms with Gasteiger partial charge in [-0.25, -0.2) is 5.43 Å². The molecular formula is C22H22ClI2N7O2. The molecule has 0 unspecified atom stereocenters. The predicted molar refractivity (Wildman–Crippen MR) is 152 cm³/mol. The molecule has 1 aromatic heterocycles. The maximum absolute atomic E-state index is 6.28. The lowest BCUT2D eigenvalue weighted by Crippen LogP contribution is -2.37. The van der Waals surface area contributed by atoms with Gasteiger partial charge in [-0.2, -0.15) is 20.1 Å². The van der Waals surface area contributed by atoms with E-state index in [1.165, 1.54) is 0 Å². The number of aryl methyl sites for hydroxylation is 1. The molecule has 9 nitrogen and oxygen atoms in total. The molecule has 0 spiro atoms. The van der Waals surface area contributed by atoms with Crippen molar-refractivity contribution in [2.24, 2.45) is 5.10 Å². The average Bonchev–Trinajstić information content (AvgIpc) is 2.82. The van der Waals surface area contributed by atoms with E-state index in [2.05, 4.69) is 80.9 Å². The van der Waals surface area contributed by atoms with Gasteiger partial charge in [-0.05, 0) is 81.9 Å². The van der Waals surface area contributed by atoms with Gasteiger partial charge >= 0.3 is 0 Å². The Morgan fingerprint density at radius 3 is 2.62 bits per heavy atom. The molecule has 1 saturated heterocycles. The van der Waals surface area contributed by atoms with Crippen LogP contribution < -0.4 is 20.4 Å². The first-order valence-corrected chi connectivity index (χ1v) is 12.9. The Hall–Kier alpha value is -1.97. The molecule has 4 rings (SSSR count). The molecule has 178 valence electrons. The van der Waals surface area contributed by atoms with Gasteiger partial charge in [-0.1, -0.05) is 17.7 Å². The molecule has 0 aliphatic carbocycles. The van der Waals surface area contributed by atoms with Crippen LogP contribution in [0.5, 0.6) is 5.75 Å². The first kappa shape index (κ1) is 25.1. The second-order valence-corrected chi connectivity index (χ2v) is 10.2. The van der Waals surface area contributed by atoms with Crippen LogP contribution >= 0.6 is 56.8 Å². The summed E-state index contributed by atoms with van der Waals surface area (Å²) >= 11 is 10.8. The molecule has 0 radical (unpaired) electrons. The van der Waals surface area contributed by atoms with E-state index in [1.807, 2.05) is 37.3 Å². The van der Waals surface area contributed by atoms with Crippen molar-refractivity contribution in [3.63, 3.8) is 0 Å². The lowest BCUT2D eigenvalue weighted by Gasteiger charge is -2.27. The van der Waals surface area contributed by atoms with Crippen LogP contribution in [0.1, 0.15) is 11.1 Å². The Kier molecular flexibility index (Phi) is 8.60. The Labute approximate surface area is 230 Å². The Balaban J connectivity index is 1.61. The van der Waals surface area contributed by atoms with Crippen LogP contribution in [0.4, 0.5) is 23.5 Å². The van der Waals surface area contributed by atoms with Gasteiger partial charge < -0.3 is 19.7 Å². The second kappa shape index (κ2) is 11.6. The van der Waals surface area contributed by atoms with Crippen LogP contribution in [0.25, 0.3) is 0 Å². The zero-order valence-electron chi connectivity index (χ0n) is 18.5. The highest BCUT2D eigenvalue weighted by molar-refractivity contribution is 14.1. The number of morpholine rings is 1. The van der Waals surface area contributed by atoms with Crippen LogP contribution in [-0.4, -0.2) is 54.6 Å². The van der Waals surface area contributed by atoms with E-state index in [4.69, 9.17) is 21.1 Å². The minimum absolute atomic E-state index is 0.313. The highest BCUT2D eigenvalue weighted by Crippen LogP contribution is 2.27. The summed E-state index contributed by atoms with van der Waals surface area (Å²) in [6.45, 7) is 4.58. The fraction of sp³-hybridized carbons (Fsp3) is 0.273. The normalized spacial score (nSPS) is 13.9. The van der Waals surface area contributed by atoms with Gasteiger partial charge in [0.1, 0.15) is 5.75 Å². The predicted octanol–water partition coefficient (Wildman–Crippen LogP) is 5.08. The fourth-order valence-corrected chi connectivity index (χ4v) is 5.52. The topological polar surface area (TPSA) is 96.8 Å². The van der Waals surface area contributed by atoms with E-state index in [0.29, 0.717) is 49.2 Å². The number of hydrazone groups is 1. The van der Waals surface area contributed by atoms with Crippen molar-refractivity contribution in [2.75, 3.05) is 49.1 Å². The molecule has 2 heterocycles. The third-order valence-electron chi connectivity index (χ3n) is 4.95. The number of halogens is 3. The number of nitrogens with one attached hydrogen (secondary N) is 2. The Morgan fingerprint density at radius 2 is 1.88 bits per heavy atom. The molecule has 0 bridgehead atoms. The van der Waals surface area contributed by atoms with E-state index in [1.54, 1.807) is 13.3 Å². The average molecular weight is 706 g/mol. The number of aromatic nitrogens is 3. The zero-order chi connectivity index (χ0) is 24.1. The summed E-state index contributed by atoms with van der Waals surface area (Å²) in [6, 6.07) is 9.74. The summed E-state index contributed by atoms with van der Waals surface area (Å²) in [7, 11) is 1.64. The van der Waals surface area contributed by atoms with Gasteiger partial charge in [0.2, 0.25) is 17.8 Å². The number of benzene rings is 2. The molecule has 0 amide bonds. The minimum atomic E-state index is 0.313. The lowest BCUT2D eigenvalue weighted by atomic mass is 10.2. The number of nitrogens with zero attached hydrogens (tertiary/aromatic N) is 5. The van der Waals surface area contributed by atoms with Crippen molar-refractivity contribution in [1.82, 2.24) is 15.0 Å². The van der Waals surface area contributed by atoms with E-state index >= 15 is 0 Å². The van der Waals surface area contributed by atoms with Crippen LogP contribution in [0.15, 0.2) is 35.4 Å². The molecule has 1 fully saturated rings. The number of hydrogen-bond donors (Lipinski definition) is 2. The molecule has 0 atom stereocenters. The molecular weight excluding hydrogens is 684 g/mol. The molecule has 2 aromatic carbocycles. The molecule has 34 heavy (non-hydrogen) atoms. The van der Waals surface area contributed by atoms with Gasteiger partial charge in [0, 0.05) is 32.9 Å². The van der Waals surface area contributed by atoms with Crippen molar-refractivity contribution in [3.8, 4) is 5.75 Å². The standard InChI is InChI=1S/C22H22ClI2N7O2/c1-13-3-4-16(11-17(13)23)27-20-28-21(30-22(29-20)32-5-7-34-8-6-32)31-26-12-14-9-15(24)10-18(25)19(14)33-2/h3-4,9-12H,5-8H2,1-2H3,(H2,27,28,29,30,31)/b26-12-. The van der Waals surface area contributed by atoms with Gasteiger partial charge in [0.05, 0.1) is 30.1 Å². The van der Waals surface area contributed by atoms with Crippen LogP contribution in [0.2, 0.25) is 5.02 Å². The molecule has 2 N–H and O–H groups in total. The highest BCUT2D eigenvalue weighted by atomic mass is 127. The summed E-state index contributed by atoms with van der Waals surface area (Å²) < 4.78 is 13.1. The van der Waals surface area contributed by atoms with Crippen molar-refractivity contribution in [1.29, 1.82) is 0 Å². The lowest BCUT2D eigenvalue weighted by molar-refractivity contribution is 0.122. The van der Waals surface area contributed by atoms with Gasteiger partial charge in [-0.3, -0.25) is 0 Å². The zero-order valence-corrected chi connectivity index (χ0v) is 23.5. The number of anilines is 4. The van der Waals surface area contributed by atoms with E-state index in [-0.39, 0.29) is 0 Å². The number of hydrogen-bond acceptors (Lipinski definition) is 9. The fourth-order valence-electron chi connectivity index (χ4n) is 3.23. The van der Waals surface area contributed by atoms with Crippen molar-refractivity contribution in [2.45, 2.75) is 6.92 Å². The molecule has 12 heteroatoms. The minimum Gasteiger partial charge on any atom is -0.495 e. The SMILES string of the molecule is COc1c(I)cc(I)cc1/C=N\Nc1nc(Nc2ccc(C)c(Cl)c2)nc(N2CCOCC2)n1. The Bertz CT molecular complexity index is 1210. The van der Waals surface area contributed by atoms with Crippen LogP contribution in [-0.2, 0) is 4.74 Å². The molecule has 1 aliphatic heterocycles. The number of methoxy groups -OCH3 is 1. The summed E-state index contributed by atoms with van der Waals surface area (Å²) in [5, 5.41) is 8.23. The summed E-state index contributed by atoms with van der Waals surface area (Å²) in [5.74, 6) is 2.00. The monoisotopic (exact) mass is 705 g/mol. The number of rotatable bonds is 7. The van der Waals surface area contributed by atoms with Crippen molar-refractivity contribution in [3.05, 3.63) is 53.6 Å². The van der Waals surface area contributed by atoms with E-state index < -0.39 is 0 Å². The first-order valence-electron chi connectivity index (χ1n) is 10.4. The van der Waals surface area contributed by atoms with Gasteiger partial charge in [0.15, 0.2) is 0 Å². The second-order valence-electron chi connectivity index (χ2n) is 7.35. The number of ether oxygens (including phenoxy) is 2. The van der Waals surface area contributed by atoms with Crippen LogP contribution in [0, 0.1) is 14.1 Å². The van der Waals surface area contributed by atoms with Gasteiger partial charge in [-0.15, -0.1) is 0 Å². The largest absolute Gasteiger partial charge is 0.495 e. The van der Waals surface area contributed by atoms with E-state index in [9.17, 15) is 0 Å². The Morgan fingerprint density at radius 1 is 1.12 bits per heavy atom. The summed E-state index contributed by atoms with van der Waals surface area (Å²) in [4.78, 5) is 15.7.